The van der Waals surface area contributed by atoms with Crippen molar-refractivity contribution >= 4 is 28.7 Å². The quantitative estimate of drug-likeness (QED) is 0.529. The van der Waals surface area contributed by atoms with Gasteiger partial charge in [0, 0.05) is 44.3 Å². The van der Waals surface area contributed by atoms with E-state index in [0.29, 0.717) is 0 Å². The topological polar surface area (TPSA) is 61.4 Å². The summed E-state index contributed by atoms with van der Waals surface area (Å²) in [5.41, 5.74) is 3.73. The summed E-state index contributed by atoms with van der Waals surface area (Å²) in [6.45, 7) is 4.54. The number of nitrogens with one attached hydrogen (secondary N) is 1. The van der Waals surface area contributed by atoms with E-state index < -0.39 is 0 Å². The zero-order chi connectivity index (χ0) is 22.5. The molecule has 0 atom stereocenters. The van der Waals surface area contributed by atoms with Crippen molar-refractivity contribution in [2.75, 3.05) is 42.5 Å². The average Bonchev–Trinajstić information content (AvgIpc) is 3.42. The smallest absolute Gasteiger partial charge is 0.223 e. The van der Waals surface area contributed by atoms with Gasteiger partial charge in [0.2, 0.25) is 5.91 Å². The molecule has 0 aliphatic carbocycles. The van der Waals surface area contributed by atoms with Crippen LogP contribution in [0.1, 0.15) is 31.2 Å². The summed E-state index contributed by atoms with van der Waals surface area (Å²) in [5, 5.41) is 14.0. The van der Waals surface area contributed by atoms with Crippen molar-refractivity contribution < 1.29 is 4.79 Å². The number of nitrogens with zero attached hydrogens (tertiary/aromatic N) is 4. The fraction of sp³-hybridized carbons (Fsp3) is 0.423. The number of thiophene rings is 1. The lowest BCUT2D eigenvalue weighted by atomic mass is 9.96. The van der Waals surface area contributed by atoms with Gasteiger partial charge >= 0.3 is 0 Å². The molecule has 7 heteroatoms. The molecule has 6 nitrogen and oxygen atoms in total. The fourth-order valence-electron chi connectivity index (χ4n) is 4.89. The summed E-state index contributed by atoms with van der Waals surface area (Å²) in [7, 11) is 0. The van der Waals surface area contributed by atoms with Crippen molar-refractivity contribution in [2.24, 2.45) is 5.92 Å². The van der Waals surface area contributed by atoms with Crippen molar-refractivity contribution in [3.8, 4) is 10.6 Å². The van der Waals surface area contributed by atoms with Gasteiger partial charge in [-0.15, -0.1) is 21.5 Å². The summed E-state index contributed by atoms with van der Waals surface area (Å²) in [6.07, 6.45) is 5.08. The lowest BCUT2D eigenvalue weighted by Crippen LogP contribution is -2.41. The van der Waals surface area contributed by atoms with E-state index in [0.717, 1.165) is 68.4 Å². The van der Waals surface area contributed by atoms with Crippen LogP contribution in [-0.2, 0) is 11.2 Å². The van der Waals surface area contributed by atoms with Gasteiger partial charge in [-0.05, 0) is 67.3 Å². The third-order valence-corrected chi connectivity index (χ3v) is 7.62. The molecule has 0 radical (unpaired) electrons. The maximum absolute atomic E-state index is 12.7. The highest BCUT2D eigenvalue weighted by atomic mass is 32.1. The van der Waals surface area contributed by atoms with Crippen LogP contribution in [0.5, 0.6) is 0 Å². The number of carbonyl (C=O) groups is 1. The molecule has 2 aliphatic rings. The van der Waals surface area contributed by atoms with Crippen molar-refractivity contribution in [3.63, 3.8) is 0 Å². The minimum atomic E-state index is 0.0929. The molecule has 172 valence electrons. The van der Waals surface area contributed by atoms with Gasteiger partial charge < -0.3 is 15.1 Å². The highest BCUT2D eigenvalue weighted by molar-refractivity contribution is 7.13. The number of benzene rings is 1. The molecule has 0 unspecified atom stereocenters. The second-order valence-corrected chi connectivity index (χ2v) is 9.83. The molecule has 1 fully saturated rings. The molecule has 33 heavy (non-hydrogen) atoms. The Kier molecular flexibility index (Phi) is 6.86. The number of fused-ring (bicyclic) bond motifs is 1. The van der Waals surface area contributed by atoms with E-state index in [1.54, 1.807) is 11.3 Å². The molecule has 0 bridgehead atoms. The van der Waals surface area contributed by atoms with E-state index in [1.807, 2.05) is 23.6 Å². The third-order valence-electron chi connectivity index (χ3n) is 6.72. The van der Waals surface area contributed by atoms with Crippen LogP contribution in [0.4, 0.5) is 11.5 Å². The van der Waals surface area contributed by atoms with E-state index in [-0.39, 0.29) is 11.8 Å². The summed E-state index contributed by atoms with van der Waals surface area (Å²) in [5.74, 6) is 1.19. The molecule has 0 spiro atoms. The molecular weight excluding hydrogens is 430 g/mol. The van der Waals surface area contributed by atoms with Gasteiger partial charge in [0.25, 0.3) is 0 Å². The first kappa shape index (κ1) is 21.9. The Labute approximate surface area is 199 Å². The Balaban J connectivity index is 1.04. The molecule has 3 aromatic rings. The third kappa shape index (κ3) is 5.19. The Morgan fingerprint density at radius 3 is 2.70 bits per heavy atom. The minimum absolute atomic E-state index is 0.0929. The van der Waals surface area contributed by atoms with Gasteiger partial charge in [-0.3, -0.25) is 4.79 Å². The predicted octanol–water partition coefficient (Wildman–Crippen LogP) is 4.38. The standard InChI is InChI=1S/C26H31N5OS/c32-26(27-14-5-16-30-15-3-7-20-6-1-2-8-23(20)30)21-12-17-31(18-13-21)25-11-10-22(28-29-25)24-9-4-19-33-24/h1-2,4,6,8-11,19,21H,3,5,7,12-18H2,(H,27,32). The largest absolute Gasteiger partial charge is 0.371 e. The number of rotatable bonds is 7. The lowest BCUT2D eigenvalue weighted by molar-refractivity contribution is -0.125. The number of hydrogen-bond donors (Lipinski definition) is 1. The Morgan fingerprint density at radius 1 is 1.03 bits per heavy atom. The zero-order valence-corrected chi connectivity index (χ0v) is 19.8. The number of carbonyl (C=O) groups excluding carboxylic acids is 1. The Morgan fingerprint density at radius 2 is 1.91 bits per heavy atom. The Bertz CT molecular complexity index is 1040. The molecule has 0 saturated carbocycles. The molecule has 1 saturated heterocycles. The highest BCUT2D eigenvalue weighted by Crippen LogP contribution is 2.27. The predicted molar refractivity (Wildman–Crippen MR) is 135 cm³/mol. The Hall–Kier alpha value is -2.93. The number of para-hydroxylation sites is 1. The van der Waals surface area contributed by atoms with Gasteiger partial charge in [0.1, 0.15) is 5.69 Å². The van der Waals surface area contributed by atoms with Crippen molar-refractivity contribution in [1.29, 1.82) is 0 Å². The number of amides is 1. The molecule has 2 aliphatic heterocycles. The molecule has 2 aromatic heterocycles. The lowest BCUT2D eigenvalue weighted by Gasteiger charge is -2.32. The number of piperidine rings is 1. The zero-order valence-electron chi connectivity index (χ0n) is 18.9. The van der Waals surface area contributed by atoms with Gasteiger partial charge in [-0.2, -0.15) is 0 Å². The number of anilines is 2. The monoisotopic (exact) mass is 461 g/mol. The van der Waals surface area contributed by atoms with Crippen LogP contribution in [-0.4, -0.2) is 48.8 Å². The van der Waals surface area contributed by atoms with Crippen LogP contribution in [0.15, 0.2) is 53.9 Å². The van der Waals surface area contributed by atoms with E-state index in [9.17, 15) is 4.79 Å². The summed E-state index contributed by atoms with van der Waals surface area (Å²) < 4.78 is 0. The maximum Gasteiger partial charge on any atom is 0.223 e. The average molecular weight is 462 g/mol. The second-order valence-electron chi connectivity index (χ2n) is 8.88. The van der Waals surface area contributed by atoms with Crippen molar-refractivity contribution in [1.82, 2.24) is 15.5 Å². The highest BCUT2D eigenvalue weighted by Gasteiger charge is 2.25. The molecule has 4 heterocycles. The van der Waals surface area contributed by atoms with Gasteiger partial charge in [-0.25, -0.2) is 0 Å². The van der Waals surface area contributed by atoms with Crippen LogP contribution >= 0.6 is 11.3 Å². The maximum atomic E-state index is 12.7. The van der Waals surface area contributed by atoms with Crippen molar-refractivity contribution in [3.05, 3.63) is 59.5 Å². The van der Waals surface area contributed by atoms with Crippen LogP contribution in [0.25, 0.3) is 10.6 Å². The van der Waals surface area contributed by atoms with Crippen LogP contribution < -0.4 is 15.1 Å². The summed E-state index contributed by atoms with van der Waals surface area (Å²) >= 11 is 1.67. The van der Waals surface area contributed by atoms with E-state index in [1.165, 1.54) is 24.1 Å². The van der Waals surface area contributed by atoms with E-state index in [2.05, 4.69) is 55.6 Å². The minimum Gasteiger partial charge on any atom is -0.371 e. The van der Waals surface area contributed by atoms with Crippen molar-refractivity contribution in [2.45, 2.75) is 32.1 Å². The number of hydrogen-bond acceptors (Lipinski definition) is 6. The number of aryl methyl sites for hydroxylation is 1. The molecule has 5 rings (SSSR count). The molecule has 1 aromatic carbocycles. The first-order valence-corrected chi connectivity index (χ1v) is 12.9. The fourth-order valence-corrected chi connectivity index (χ4v) is 5.58. The van der Waals surface area contributed by atoms with Crippen LogP contribution in [0.3, 0.4) is 0 Å². The normalized spacial score (nSPS) is 16.5. The molecular formula is C26H31N5OS. The SMILES string of the molecule is O=C(NCCCN1CCCc2ccccc21)C1CCN(c2ccc(-c3cccs3)nn2)CC1. The van der Waals surface area contributed by atoms with Gasteiger partial charge in [0.05, 0.1) is 4.88 Å². The van der Waals surface area contributed by atoms with E-state index in [4.69, 9.17) is 0 Å². The summed E-state index contributed by atoms with van der Waals surface area (Å²) in [6, 6.07) is 16.9. The van der Waals surface area contributed by atoms with Crippen LogP contribution in [0, 0.1) is 5.92 Å². The first-order valence-electron chi connectivity index (χ1n) is 12.0. The second kappa shape index (κ2) is 10.3. The van der Waals surface area contributed by atoms with Gasteiger partial charge in [0.15, 0.2) is 5.82 Å². The molecule has 1 N–H and O–H groups in total. The molecule has 1 amide bonds. The first-order chi connectivity index (χ1) is 16.3. The number of aromatic nitrogens is 2. The van der Waals surface area contributed by atoms with Gasteiger partial charge in [-0.1, -0.05) is 24.3 Å². The van der Waals surface area contributed by atoms with E-state index >= 15 is 0 Å². The summed E-state index contributed by atoms with van der Waals surface area (Å²) in [4.78, 5) is 18.5. The van der Waals surface area contributed by atoms with Crippen LogP contribution in [0.2, 0.25) is 0 Å².